The van der Waals surface area contributed by atoms with Crippen molar-refractivity contribution in [1.82, 2.24) is 0 Å². The van der Waals surface area contributed by atoms with E-state index >= 15 is 0 Å². The maximum Gasteiger partial charge on any atom is 0.249 e. The SMILES string of the molecule is NC(=O)c1ccccc1[C@@H](CO)C(N)=O. The second-order valence-corrected chi connectivity index (χ2v) is 3.09. The van der Waals surface area contributed by atoms with E-state index in [-0.39, 0.29) is 5.56 Å². The Balaban J connectivity index is 3.22. The first-order valence-corrected chi connectivity index (χ1v) is 4.36. The average molecular weight is 208 g/mol. The summed E-state index contributed by atoms with van der Waals surface area (Å²) < 4.78 is 0. The van der Waals surface area contributed by atoms with Crippen molar-refractivity contribution in [3.63, 3.8) is 0 Å². The van der Waals surface area contributed by atoms with Crippen LogP contribution in [0.15, 0.2) is 24.3 Å². The summed E-state index contributed by atoms with van der Waals surface area (Å²) in [6.45, 7) is -0.445. The van der Waals surface area contributed by atoms with Gasteiger partial charge in [-0.15, -0.1) is 0 Å². The highest BCUT2D eigenvalue weighted by Crippen LogP contribution is 2.19. The maximum atomic E-state index is 11.1. The van der Waals surface area contributed by atoms with E-state index in [9.17, 15) is 9.59 Å². The van der Waals surface area contributed by atoms with Crippen molar-refractivity contribution in [2.75, 3.05) is 6.61 Å². The van der Waals surface area contributed by atoms with E-state index in [0.717, 1.165) is 0 Å². The smallest absolute Gasteiger partial charge is 0.249 e. The quantitative estimate of drug-likeness (QED) is 0.611. The number of rotatable bonds is 4. The van der Waals surface area contributed by atoms with E-state index in [4.69, 9.17) is 16.6 Å². The van der Waals surface area contributed by atoms with Gasteiger partial charge in [0.1, 0.15) is 0 Å². The van der Waals surface area contributed by atoms with Gasteiger partial charge in [0.2, 0.25) is 11.8 Å². The van der Waals surface area contributed by atoms with Crippen molar-refractivity contribution in [3.8, 4) is 0 Å². The number of carbonyl (C=O) groups is 2. The first kappa shape index (κ1) is 11.2. The van der Waals surface area contributed by atoms with E-state index in [1.54, 1.807) is 18.2 Å². The number of aliphatic hydroxyl groups excluding tert-OH is 1. The summed E-state index contributed by atoms with van der Waals surface area (Å²) in [4.78, 5) is 22.1. The molecule has 0 aliphatic rings. The molecule has 0 bridgehead atoms. The zero-order valence-electron chi connectivity index (χ0n) is 8.01. The van der Waals surface area contributed by atoms with Gasteiger partial charge in [-0.25, -0.2) is 0 Å². The van der Waals surface area contributed by atoms with E-state index in [0.29, 0.717) is 5.56 Å². The van der Waals surface area contributed by atoms with Crippen LogP contribution in [0.3, 0.4) is 0 Å². The molecule has 15 heavy (non-hydrogen) atoms. The largest absolute Gasteiger partial charge is 0.395 e. The van der Waals surface area contributed by atoms with Crippen LogP contribution < -0.4 is 11.5 Å². The summed E-state index contributed by atoms with van der Waals surface area (Å²) in [5.41, 5.74) is 10.8. The van der Waals surface area contributed by atoms with Gasteiger partial charge in [-0.3, -0.25) is 9.59 Å². The summed E-state index contributed by atoms with van der Waals surface area (Å²) in [5.74, 6) is -2.23. The number of amides is 2. The standard InChI is InChI=1S/C10H12N2O3/c11-9(14)7-4-2-1-3-6(7)8(5-13)10(12)15/h1-4,8,13H,5H2,(H2,11,14)(H2,12,15)/t8-/m1/s1. The molecule has 0 saturated carbocycles. The molecule has 0 aliphatic carbocycles. The molecule has 0 radical (unpaired) electrons. The lowest BCUT2D eigenvalue weighted by molar-refractivity contribution is -0.120. The van der Waals surface area contributed by atoms with Crippen molar-refractivity contribution < 1.29 is 14.7 Å². The third-order valence-corrected chi connectivity index (χ3v) is 2.13. The fourth-order valence-electron chi connectivity index (χ4n) is 1.37. The Hall–Kier alpha value is -1.88. The van der Waals surface area contributed by atoms with E-state index in [1.807, 2.05) is 0 Å². The average Bonchev–Trinajstić information content (AvgIpc) is 2.18. The highest BCUT2D eigenvalue weighted by atomic mass is 16.3. The fraction of sp³-hybridized carbons (Fsp3) is 0.200. The topological polar surface area (TPSA) is 106 Å². The van der Waals surface area contributed by atoms with Crippen LogP contribution in [0.1, 0.15) is 21.8 Å². The van der Waals surface area contributed by atoms with Gasteiger partial charge in [0.15, 0.2) is 0 Å². The Morgan fingerprint density at radius 2 is 1.87 bits per heavy atom. The van der Waals surface area contributed by atoms with Gasteiger partial charge in [-0.1, -0.05) is 18.2 Å². The van der Waals surface area contributed by atoms with Crippen molar-refractivity contribution in [2.24, 2.45) is 11.5 Å². The predicted molar refractivity (Wildman–Crippen MR) is 54.0 cm³/mol. The lowest BCUT2D eigenvalue weighted by Crippen LogP contribution is -2.27. The molecule has 0 aromatic heterocycles. The van der Waals surface area contributed by atoms with Crippen LogP contribution in [-0.2, 0) is 4.79 Å². The van der Waals surface area contributed by atoms with Crippen LogP contribution in [0.2, 0.25) is 0 Å². The van der Waals surface area contributed by atoms with E-state index in [2.05, 4.69) is 0 Å². The Kier molecular flexibility index (Phi) is 3.41. The summed E-state index contributed by atoms with van der Waals surface area (Å²) >= 11 is 0. The number of nitrogens with two attached hydrogens (primary N) is 2. The minimum Gasteiger partial charge on any atom is -0.395 e. The third-order valence-electron chi connectivity index (χ3n) is 2.13. The lowest BCUT2D eigenvalue weighted by atomic mass is 9.94. The predicted octanol–water partition coefficient (Wildman–Crippen LogP) is -0.653. The minimum absolute atomic E-state index is 0.204. The number of carbonyl (C=O) groups excluding carboxylic acids is 2. The molecule has 0 aliphatic heterocycles. The Bertz CT molecular complexity index is 390. The van der Waals surface area contributed by atoms with Gasteiger partial charge in [0, 0.05) is 5.56 Å². The number of benzene rings is 1. The molecule has 80 valence electrons. The van der Waals surface area contributed by atoms with Crippen LogP contribution in [0.25, 0.3) is 0 Å². The molecule has 0 fully saturated rings. The van der Waals surface area contributed by atoms with Gasteiger partial charge >= 0.3 is 0 Å². The molecule has 2 amide bonds. The van der Waals surface area contributed by atoms with Crippen molar-refractivity contribution in [3.05, 3.63) is 35.4 Å². The Labute approximate surface area is 86.7 Å². The molecule has 5 N–H and O–H groups in total. The molecule has 1 atom stereocenters. The highest BCUT2D eigenvalue weighted by Gasteiger charge is 2.21. The van der Waals surface area contributed by atoms with Gasteiger partial charge in [0.25, 0.3) is 0 Å². The molecule has 5 nitrogen and oxygen atoms in total. The highest BCUT2D eigenvalue weighted by molar-refractivity contribution is 5.96. The first-order valence-electron chi connectivity index (χ1n) is 4.36. The Morgan fingerprint density at radius 1 is 1.27 bits per heavy atom. The van der Waals surface area contributed by atoms with Crippen LogP contribution >= 0.6 is 0 Å². The number of hydrogen-bond acceptors (Lipinski definition) is 3. The van der Waals surface area contributed by atoms with Gasteiger partial charge < -0.3 is 16.6 Å². The van der Waals surface area contributed by atoms with E-state index < -0.39 is 24.3 Å². The second-order valence-electron chi connectivity index (χ2n) is 3.09. The molecule has 1 aromatic carbocycles. The van der Waals surface area contributed by atoms with Gasteiger partial charge in [0.05, 0.1) is 12.5 Å². The molecule has 0 saturated heterocycles. The first-order chi connectivity index (χ1) is 7.07. The summed E-state index contributed by atoms with van der Waals surface area (Å²) in [5, 5.41) is 9.00. The molecule has 1 rings (SSSR count). The van der Waals surface area contributed by atoms with E-state index in [1.165, 1.54) is 6.07 Å². The van der Waals surface area contributed by atoms with Crippen molar-refractivity contribution >= 4 is 11.8 Å². The molecular weight excluding hydrogens is 196 g/mol. The maximum absolute atomic E-state index is 11.1. The molecular formula is C10H12N2O3. The molecule has 0 spiro atoms. The zero-order chi connectivity index (χ0) is 11.4. The van der Waals surface area contributed by atoms with Crippen molar-refractivity contribution in [1.29, 1.82) is 0 Å². The monoisotopic (exact) mass is 208 g/mol. The van der Waals surface area contributed by atoms with Crippen LogP contribution in [0, 0.1) is 0 Å². The normalized spacial score (nSPS) is 12.1. The number of aliphatic hydroxyl groups is 1. The van der Waals surface area contributed by atoms with Gasteiger partial charge in [-0.05, 0) is 11.6 Å². The number of primary amides is 2. The van der Waals surface area contributed by atoms with Crippen LogP contribution in [-0.4, -0.2) is 23.5 Å². The number of hydrogen-bond donors (Lipinski definition) is 3. The van der Waals surface area contributed by atoms with Crippen LogP contribution in [0.4, 0.5) is 0 Å². The zero-order valence-corrected chi connectivity index (χ0v) is 8.01. The summed E-state index contributed by atoms with van der Waals surface area (Å²) in [7, 11) is 0. The minimum atomic E-state index is -0.895. The van der Waals surface area contributed by atoms with Crippen LogP contribution in [0.5, 0.6) is 0 Å². The van der Waals surface area contributed by atoms with Crippen molar-refractivity contribution in [2.45, 2.75) is 5.92 Å². The second kappa shape index (κ2) is 4.56. The molecule has 0 heterocycles. The Morgan fingerprint density at radius 3 is 2.33 bits per heavy atom. The third kappa shape index (κ3) is 2.32. The molecule has 5 heteroatoms. The fourth-order valence-corrected chi connectivity index (χ4v) is 1.37. The molecule has 0 unspecified atom stereocenters. The molecule has 1 aromatic rings. The summed E-state index contributed by atoms with van der Waals surface area (Å²) in [6, 6.07) is 6.31. The lowest BCUT2D eigenvalue weighted by Gasteiger charge is -2.13. The summed E-state index contributed by atoms with van der Waals surface area (Å²) in [6.07, 6.45) is 0. The van der Waals surface area contributed by atoms with Gasteiger partial charge in [-0.2, -0.15) is 0 Å².